The average Bonchev–Trinajstić information content (AvgIpc) is 2.40. The number of amides is 1. The number of halogens is 1. The maximum absolute atomic E-state index is 12.1. The normalized spacial score (nSPS) is 18.0. The van der Waals surface area contributed by atoms with E-state index >= 15 is 0 Å². The lowest BCUT2D eigenvalue weighted by atomic mass is 9.81. The van der Waals surface area contributed by atoms with E-state index in [1.54, 1.807) is 18.2 Å². The highest BCUT2D eigenvalue weighted by atomic mass is 127. The summed E-state index contributed by atoms with van der Waals surface area (Å²) in [6.07, 6.45) is 2.12. The maximum atomic E-state index is 12.1. The molecule has 0 saturated carbocycles. The zero-order valence-electron chi connectivity index (χ0n) is 11.0. The third kappa shape index (κ3) is 3.82. The summed E-state index contributed by atoms with van der Waals surface area (Å²) in [6.45, 7) is 4.85. The number of carbonyl (C=O) groups excluding carboxylic acids is 1. The number of nitrogens with one attached hydrogen (secondary N) is 2. The molecule has 3 N–H and O–H groups in total. The fraction of sp³-hybridized carbons (Fsp3) is 0.500. The van der Waals surface area contributed by atoms with Crippen molar-refractivity contribution in [3.05, 3.63) is 27.3 Å². The van der Waals surface area contributed by atoms with Crippen molar-refractivity contribution in [3.63, 3.8) is 0 Å². The second kappa shape index (κ2) is 6.09. The van der Waals surface area contributed by atoms with Crippen molar-refractivity contribution in [1.29, 1.82) is 0 Å². The lowest BCUT2D eigenvalue weighted by Gasteiger charge is -2.34. The van der Waals surface area contributed by atoms with E-state index in [0.29, 0.717) is 12.1 Å². The molecule has 0 spiro atoms. The molecule has 0 unspecified atom stereocenters. The second-order valence-electron chi connectivity index (χ2n) is 5.40. The molecule has 0 aliphatic carbocycles. The van der Waals surface area contributed by atoms with Gasteiger partial charge in [-0.2, -0.15) is 0 Å². The summed E-state index contributed by atoms with van der Waals surface area (Å²) in [5, 5.41) is 16.0. The van der Waals surface area contributed by atoms with Crippen LogP contribution in [0.5, 0.6) is 5.75 Å². The van der Waals surface area contributed by atoms with Crippen LogP contribution in [-0.2, 0) is 0 Å². The summed E-state index contributed by atoms with van der Waals surface area (Å²) in [6, 6.07) is 5.04. The minimum Gasteiger partial charge on any atom is -0.507 e. The minimum atomic E-state index is -0.198. The highest BCUT2D eigenvalue weighted by molar-refractivity contribution is 14.1. The fourth-order valence-electron chi connectivity index (χ4n) is 2.29. The van der Waals surface area contributed by atoms with Gasteiger partial charge in [0.25, 0.3) is 5.91 Å². The van der Waals surface area contributed by atoms with Crippen LogP contribution in [0.2, 0.25) is 0 Å². The smallest absolute Gasteiger partial charge is 0.255 e. The van der Waals surface area contributed by atoms with E-state index in [4.69, 9.17) is 0 Å². The Bertz CT molecular complexity index is 471. The van der Waals surface area contributed by atoms with Crippen LogP contribution in [0.4, 0.5) is 0 Å². The number of rotatable bonds is 3. The first kappa shape index (κ1) is 14.6. The van der Waals surface area contributed by atoms with Crippen molar-refractivity contribution in [2.75, 3.05) is 19.6 Å². The molecule has 1 amide bonds. The fourth-order valence-corrected chi connectivity index (χ4v) is 2.78. The first-order chi connectivity index (χ1) is 9.00. The van der Waals surface area contributed by atoms with Gasteiger partial charge in [0.05, 0.1) is 5.56 Å². The number of phenols is 1. The van der Waals surface area contributed by atoms with Gasteiger partial charge in [-0.05, 0) is 72.1 Å². The minimum absolute atomic E-state index is 0.0355. The van der Waals surface area contributed by atoms with Crippen LogP contribution in [0.3, 0.4) is 0 Å². The van der Waals surface area contributed by atoms with Crippen molar-refractivity contribution in [2.24, 2.45) is 5.41 Å². The highest BCUT2D eigenvalue weighted by Gasteiger charge is 2.27. The third-order valence-electron chi connectivity index (χ3n) is 3.69. The van der Waals surface area contributed by atoms with E-state index in [-0.39, 0.29) is 17.1 Å². The Kier molecular flexibility index (Phi) is 4.67. The van der Waals surface area contributed by atoms with E-state index in [1.807, 2.05) is 0 Å². The summed E-state index contributed by atoms with van der Waals surface area (Å²) in [4.78, 5) is 12.1. The standard InChI is InChI=1S/C14H19IN2O2/c1-14(4-6-16-7-5-14)9-17-13(19)11-8-10(15)2-3-12(11)18/h2-3,8,16,18H,4-7,9H2,1H3,(H,17,19). The van der Waals surface area contributed by atoms with Crippen molar-refractivity contribution in [2.45, 2.75) is 19.8 Å². The molecule has 5 heteroatoms. The molecular formula is C14H19IN2O2. The molecule has 1 aromatic rings. The van der Waals surface area contributed by atoms with E-state index in [9.17, 15) is 9.90 Å². The summed E-state index contributed by atoms with van der Waals surface area (Å²) in [5.74, 6) is -0.163. The van der Waals surface area contributed by atoms with Gasteiger partial charge >= 0.3 is 0 Å². The summed E-state index contributed by atoms with van der Waals surface area (Å²) >= 11 is 2.13. The van der Waals surface area contributed by atoms with Crippen LogP contribution in [0, 0.1) is 8.99 Å². The summed E-state index contributed by atoms with van der Waals surface area (Å²) < 4.78 is 0.939. The van der Waals surface area contributed by atoms with E-state index in [0.717, 1.165) is 29.5 Å². The molecule has 1 fully saturated rings. The molecular weight excluding hydrogens is 355 g/mol. The third-order valence-corrected chi connectivity index (χ3v) is 4.36. The molecule has 0 aromatic heterocycles. The van der Waals surface area contributed by atoms with Crippen molar-refractivity contribution in [1.82, 2.24) is 10.6 Å². The number of hydrogen-bond acceptors (Lipinski definition) is 3. The predicted octanol–water partition coefficient (Wildman–Crippen LogP) is 2.12. The number of aromatic hydroxyl groups is 1. The molecule has 19 heavy (non-hydrogen) atoms. The Balaban J connectivity index is 1.99. The number of hydrogen-bond donors (Lipinski definition) is 3. The number of carbonyl (C=O) groups is 1. The van der Waals surface area contributed by atoms with E-state index in [2.05, 4.69) is 40.1 Å². The average molecular weight is 374 g/mol. The molecule has 0 atom stereocenters. The number of benzene rings is 1. The van der Waals surface area contributed by atoms with Crippen LogP contribution in [0.1, 0.15) is 30.1 Å². The Morgan fingerprint density at radius 2 is 2.16 bits per heavy atom. The SMILES string of the molecule is CC1(CNC(=O)c2cc(I)ccc2O)CCNCC1. The monoisotopic (exact) mass is 374 g/mol. The van der Waals surface area contributed by atoms with E-state index < -0.39 is 0 Å². The van der Waals surface area contributed by atoms with Gasteiger partial charge in [0, 0.05) is 10.1 Å². The lowest BCUT2D eigenvalue weighted by Crippen LogP contribution is -2.42. The van der Waals surface area contributed by atoms with Gasteiger partial charge in [-0.1, -0.05) is 6.92 Å². The zero-order chi connectivity index (χ0) is 13.9. The first-order valence-corrected chi connectivity index (χ1v) is 7.55. The molecule has 1 heterocycles. The number of phenolic OH excluding ortho intramolecular Hbond substituents is 1. The molecule has 104 valence electrons. The zero-order valence-corrected chi connectivity index (χ0v) is 13.2. The Labute approximate surface area is 127 Å². The highest BCUT2D eigenvalue weighted by Crippen LogP contribution is 2.27. The van der Waals surface area contributed by atoms with Crippen LogP contribution >= 0.6 is 22.6 Å². The second-order valence-corrected chi connectivity index (χ2v) is 6.65. The Morgan fingerprint density at radius 3 is 2.84 bits per heavy atom. The molecule has 2 rings (SSSR count). The van der Waals surface area contributed by atoms with Crippen molar-refractivity contribution in [3.8, 4) is 5.75 Å². The van der Waals surface area contributed by atoms with Gasteiger partial charge in [0.2, 0.25) is 0 Å². The summed E-state index contributed by atoms with van der Waals surface area (Å²) in [7, 11) is 0. The quantitative estimate of drug-likeness (QED) is 0.711. The van der Waals surface area contributed by atoms with Gasteiger partial charge < -0.3 is 15.7 Å². The molecule has 1 aliphatic heterocycles. The van der Waals surface area contributed by atoms with Gasteiger partial charge in [-0.25, -0.2) is 0 Å². The molecule has 1 saturated heterocycles. The maximum Gasteiger partial charge on any atom is 0.255 e. The van der Waals surface area contributed by atoms with Gasteiger partial charge in [0.1, 0.15) is 5.75 Å². The van der Waals surface area contributed by atoms with Crippen molar-refractivity contribution < 1.29 is 9.90 Å². The lowest BCUT2D eigenvalue weighted by molar-refractivity contribution is 0.0919. The van der Waals surface area contributed by atoms with Gasteiger partial charge in [0.15, 0.2) is 0 Å². The first-order valence-electron chi connectivity index (χ1n) is 6.48. The molecule has 4 nitrogen and oxygen atoms in total. The molecule has 0 radical (unpaired) electrons. The number of piperidine rings is 1. The Hall–Kier alpha value is -0.820. The predicted molar refractivity (Wildman–Crippen MR) is 83.4 cm³/mol. The molecule has 0 bridgehead atoms. The van der Waals surface area contributed by atoms with Crippen molar-refractivity contribution >= 4 is 28.5 Å². The van der Waals surface area contributed by atoms with Crippen LogP contribution in [-0.4, -0.2) is 30.6 Å². The molecule has 1 aliphatic rings. The largest absolute Gasteiger partial charge is 0.507 e. The van der Waals surface area contributed by atoms with Gasteiger partial charge in [-0.3, -0.25) is 4.79 Å². The Morgan fingerprint density at radius 1 is 1.47 bits per heavy atom. The van der Waals surface area contributed by atoms with E-state index in [1.165, 1.54) is 0 Å². The topological polar surface area (TPSA) is 61.4 Å². The summed E-state index contributed by atoms with van der Waals surface area (Å²) in [5.41, 5.74) is 0.503. The molecule has 1 aromatic carbocycles. The van der Waals surface area contributed by atoms with Crippen LogP contribution in [0.25, 0.3) is 0 Å². The van der Waals surface area contributed by atoms with Crippen LogP contribution in [0.15, 0.2) is 18.2 Å². The van der Waals surface area contributed by atoms with Gasteiger partial charge in [-0.15, -0.1) is 0 Å². The van der Waals surface area contributed by atoms with Crippen LogP contribution < -0.4 is 10.6 Å².